The van der Waals surface area contributed by atoms with Crippen molar-refractivity contribution in [3.05, 3.63) is 28.3 Å². The maximum Gasteiger partial charge on any atom is 0.273 e. The molecule has 1 aromatic rings. The molecular formula is C14H22N4O2. The van der Waals surface area contributed by atoms with Crippen LogP contribution in [0.2, 0.25) is 0 Å². The Bertz CT molecular complexity index is 492. The lowest BCUT2D eigenvalue weighted by atomic mass is 10.2. The molecule has 1 N–H and O–H groups in total. The van der Waals surface area contributed by atoms with Crippen molar-refractivity contribution in [3.8, 4) is 0 Å². The van der Waals surface area contributed by atoms with Crippen molar-refractivity contribution in [3.63, 3.8) is 0 Å². The van der Waals surface area contributed by atoms with E-state index in [9.17, 15) is 10.1 Å². The van der Waals surface area contributed by atoms with Gasteiger partial charge in [-0.3, -0.25) is 10.1 Å². The first kappa shape index (κ1) is 14.6. The largest absolute Gasteiger partial charge is 0.388 e. The van der Waals surface area contributed by atoms with E-state index < -0.39 is 0 Å². The standard InChI is InChI=1S/C14H22N4O2/c1-15-11-7-13(9-14(8-11)18(19)20)17(3)10-12-5-4-6-16(12)2/h7-9,12,15H,4-6,10H2,1-3H3. The molecule has 0 saturated carbocycles. The number of benzene rings is 1. The zero-order valence-electron chi connectivity index (χ0n) is 12.3. The number of hydrogen-bond donors (Lipinski definition) is 1. The van der Waals surface area contributed by atoms with Gasteiger partial charge in [-0.05, 0) is 32.5 Å². The summed E-state index contributed by atoms with van der Waals surface area (Å²) in [4.78, 5) is 15.1. The van der Waals surface area contributed by atoms with E-state index in [4.69, 9.17) is 0 Å². The van der Waals surface area contributed by atoms with E-state index in [-0.39, 0.29) is 10.6 Å². The number of nitrogens with zero attached hydrogens (tertiary/aromatic N) is 3. The molecule has 0 amide bonds. The normalized spacial score (nSPS) is 19.1. The Morgan fingerprint density at radius 3 is 2.80 bits per heavy atom. The summed E-state index contributed by atoms with van der Waals surface area (Å²) in [5.41, 5.74) is 1.77. The summed E-state index contributed by atoms with van der Waals surface area (Å²) in [5.74, 6) is 0. The summed E-state index contributed by atoms with van der Waals surface area (Å²) in [6.07, 6.45) is 2.42. The minimum Gasteiger partial charge on any atom is -0.388 e. The van der Waals surface area contributed by atoms with Gasteiger partial charge in [-0.15, -0.1) is 0 Å². The summed E-state index contributed by atoms with van der Waals surface area (Å²) in [6, 6.07) is 5.66. The predicted molar refractivity (Wildman–Crippen MR) is 81.6 cm³/mol. The number of nitro benzene ring substituents is 1. The lowest BCUT2D eigenvalue weighted by Crippen LogP contribution is -2.36. The molecule has 6 nitrogen and oxygen atoms in total. The lowest BCUT2D eigenvalue weighted by molar-refractivity contribution is -0.384. The van der Waals surface area contributed by atoms with E-state index in [0.29, 0.717) is 6.04 Å². The van der Waals surface area contributed by atoms with Crippen LogP contribution in [-0.2, 0) is 0 Å². The molecule has 0 aromatic heterocycles. The number of likely N-dealkylation sites (N-methyl/N-ethyl adjacent to an activating group) is 2. The maximum absolute atomic E-state index is 11.0. The van der Waals surface area contributed by atoms with E-state index in [1.165, 1.54) is 12.8 Å². The number of hydrogen-bond acceptors (Lipinski definition) is 5. The number of non-ortho nitro benzene ring substituents is 1. The Labute approximate surface area is 119 Å². The van der Waals surface area contributed by atoms with Gasteiger partial charge in [-0.1, -0.05) is 0 Å². The quantitative estimate of drug-likeness (QED) is 0.660. The van der Waals surface area contributed by atoms with Crippen molar-refractivity contribution in [1.29, 1.82) is 0 Å². The summed E-state index contributed by atoms with van der Waals surface area (Å²) < 4.78 is 0. The van der Waals surface area contributed by atoms with Crippen molar-refractivity contribution < 1.29 is 4.92 Å². The molecule has 0 bridgehead atoms. The first-order valence-corrected chi connectivity index (χ1v) is 6.90. The van der Waals surface area contributed by atoms with Crippen molar-refractivity contribution >= 4 is 17.1 Å². The summed E-state index contributed by atoms with van der Waals surface area (Å²) in [6.45, 7) is 2.02. The van der Waals surface area contributed by atoms with E-state index >= 15 is 0 Å². The number of rotatable bonds is 5. The molecule has 0 aliphatic carbocycles. The van der Waals surface area contributed by atoms with Crippen LogP contribution in [0.3, 0.4) is 0 Å². The fraction of sp³-hybridized carbons (Fsp3) is 0.571. The molecule has 110 valence electrons. The van der Waals surface area contributed by atoms with E-state index in [1.54, 1.807) is 19.2 Å². The third kappa shape index (κ3) is 3.19. The predicted octanol–water partition coefficient (Wildman–Crippen LogP) is 2.17. The summed E-state index contributed by atoms with van der Waals surface area (Å²) in [7, 11) is 5.90. The van der Waals surface area contributed by atoms with Crippen molar-refractivity contribution in [2.75, 3.05) is 44.4 Å². The third-order valence-corrected chi connectivity index (χ3v) is 4.00. The minimum atomic E-state index is -0.347. The molecule has 20 heavy (non-hydrogen) atoms. The molecule has 0 radical (unpaired) electrons. The Hall–Kier alpha value is -1.82. The minimum absolute atomic E-state index is 0.124. The monoisotopic (exact) mass is 278 g/mol. The zero-order chi connectivity index (χ0) is 14.7. The molecule has 1 atom stereocenters. The van der Waals surface area contributed by atoms with Crippen LogP contribution in [0.1, 0.15) is 12.8 Å². The van der Waals surface area contributed by atoms with Gasteiger partial charge in [0.2, 0.25) is 0 Å². The molecule has 0 spiro atoms. The fourth-order valence-electron chi connectivity index (χ4n) is 2.70. The van der Waals surface area contributed by atoms with Crippen LogP contribution in [-0.4, -0.2) is 50.1 Å². The third-order valence-electron chi connectivity index (χ3n) is 4.00. The van der Waals surface area contributed by atoms with Crippen LogP contribution in [0.5, 0.6) is 0 Å². The maximum atomic E-state index is 11.0. The average Bonchev–Trinajstić information content (AvgIpc) is 2.83. The van der Waals surface area contributed by atoms with Gasteiger partial charge in [0.25, 0.3) is 5.69 Å². The van der Waals surface area contributed by atoms with Crippen LogP contribution in [0.15, 0.2) is 18.2 Å². The molecular weight excluding hydrogens is 256 g/mol. The second-order valence-electron chi connectivity index (χ2n) is 5.40. The second-order valence-corrected chi connectivity index (χ2v) is 5.40. The average molecular weight is 278 g/mol. The van der Waals surface area contributed by atoms with Gasteiger partial charge in [0.1, 0.15) is 0 Å². The highest BCUT2D eigenvalue weighted by molar-refractivity contribution is 5.64. The molecule has 2 rings (SSSR count). The van der Waals surface area contributed by atoms with Gasteiger partial charge in [-0.2, -0.15) is 0 Å². The number of nitrogens with one attached hydrogen (secondary N) is 1. The summed E-state index contributed by atoms with van der Waals surface area (Å²) >= 11 is 0. The van der Waals surface area contributed by atoms with Gasteiger partial charge >= 0.3 is 0 Å². The first-order chi connectivity index (χ1) is 9.51. The number of likely N-dealkylation sites (tertiary alicyclic amines) is 1. The van der Waals surface area contributed by atoms with Crippen LogP contribution in [0.4, 0.5) is 17.1 Å². The molecule has 1 unspecified atom stereocenters. The zero-order valence-corrected chi connectivity index (χ0v) is 12.3. The first-order valence-electron chi connectivity index (χ1n) is 6.90. The van der Waals surface area contributed by atoms with Gasteiger partial charge in [0.05, 0.1) is 4.92 Å². The Kier molecular flexibility index (Phi) is 4.44. The van der Waals surface area contributed by atoms with E-state index in [2.05, 4.69) is 22.2 Å². The van der Waals surface area contributed by atoms with Gasteiger partial charge in [0.15, 0.2) is 0 Å². The van der Waals surface area contributed by atoms with Gasteiger partial charge in [-0.25, -0.2) is 0 Å². The molecule has 1 heterocycles. The summed E-state index contributed by atoms with van der Waals surface area (Å²) in [5, 5.41) is 14.0. The van der Waals surface area contributed by atoms with Crippen molar-refractivity contribution in [1.82, 2.24) is 4.90 Å². The molecule has 1 aromatic carbocycles. The van der Waals surface area contributed by atoms with Crippen LogP contribution in [0.25, 0.3) is 0 Å². The smallest absolute Gasteiger partial charge is 0.273 e. The number of anilines is 2. The molecule has 1 aliphatic rings. The highest BCUT2D eigenvalue weighted by atomic mass is 16.6. The van der Waals surface area contributed by atoms with Crippen molar-refractivity contribution in [2.45, 2.75) is 18.9 Å². The van der Waals surface area contributed by atoms with E-state index in [1.807, 2.05) is 13.1 Å². The lowest BCUT2D eigenvalue weighted by Gasteiger charge is -2.27. The van der Waals surface area contributed by atoms with Crippen molar-refractivity contribution in [2.24, 2.45) is 0 Å². The molecule has 1 aliphatic heterocycles. The molecule has 6 heteroatoms. The Morgan fingerprint density at radius 1 is 1.50 bits per heavy atom. The number of nitro groups is 1. The highest BCUT2D eigenvalue weighted by Gasteiger charge is 2.23. The Balaban J connectivity index is 2.17. The van der Waals surface area contributed by atoms with Gasteiger partial charge in [0, 0.05) is 50.2 Å². The Morgan fingerprint density at radius 2 is 2.25 bits per heavy atom. The van der Waals surface area contributed by atoms with Crippen LogP contribution >= 0.6 is 0 Å². The highest BCUT2D eigenvalue weighted by Crippen LogP contribution is 2.27. The van der Waals surface area contributed by atoms with Gasteiger partial charge < -0.3 is 15.1 Å². The SMILES string of the molecule is CNc1cc(N(C)CC2CCCN2C)cc([N+](=O)[O-])c1. The topological polar surface area (TPSA) is 61.6 Å². The van der Waals surface area contributed by atoms with E-state index in [0.717, 1.165) is 24.5 Å². The molecule has 1 saturated heterocycles. The molecule has 1 fully saturated rings. The fourth-order valence-corrected chi connectivity index (χ4v) is 2.70. The van der Waals surface area contributed by atoms with Crippen LogP contribution < -0.4 is 10.2 Å². The van der Waals surface area contributed by atoms with Crippen LogP contribution in [0, 0.1) is 10.1 Å². The second kappa shape index (κ2) is 6.09.